The predicted octanol–water partition coefficient (Wildman–Crippen LogP) is 4.33. The molecule has 1 aromatic heterocycles. The van der Waals surface area contributed by atoms with E-state index in [0.29, 0.717) is 22.3 Å². The Hall–Kier alpha value is -3.27. The first-order valence-corrected chi connectivity index (χ1v) is 7.51. The number of hydrogen-bond donors (Lipinski definition) is 1. The van der Waals surface area contributed by atoms with E-state index >= 15 is 0 Å². The zero-order valence-electron chi connectivity index (χ0n) is 12.9. The van der Waals surface area contributed by atoms with Crippen LogP contribution in [0.2, 0.25) is 0 Å². The Bertz CT molecular complexity index is 1110. The van der Waals surface area contributed by atoms with Crippen LogP contribution in [-0.4, -0.2) is 12.2 Å². The lowest BCUT2D eigenvalue weighted by Gasteiger charge is -2.08. The van der Waals surface area contributed by atoms with E-state index in [1.165, 1.54) is 0 Å². The van der Waals surface area contributed by atoms with Crippen LogP contribution in [0, 0.1) is 0 Å². The highest BCUT2D eigenvalue weighted by Gasteiger charge is 2.17. The third-order valence-electron chi connectivity index (χ3n) is 4.11. The summed E-state index contributed by atoms with van der Waals surface area (Å²) in [6.07, 6.45) is 0. The first-order chi connectivity index (χ1) is 11.7. The fraction of sp³-hybridized carbons (Fsp3) is 0.0500. The molecule has 0 aliphatic heterocycles. The maximum atomic E-state index is 12.7. The van der Waals surface area contributed by atoms with E-state index in [1.54, 1.807) is 37.4 Å². The lowest BCUT2D eigenvalue weighted by atomic mass is 10.0. The second kappa shape index (κ2) is 5.42. The van der Waals surface area contributed by atoms with Gasteiger partial charge in [-0.3, -0.25) is 4.79 Å². The monoisotopic (exact) mass is 318 g/mol. The molecule has 4 nitrogen and oxygen atoms in total. The average Bonchev–Trinajstić information content (AvgIpc) is 2.64. The molecule has 118 valence electrons. The molecule has 24 heavy (non-hydrogen) atoms. The summed E-state index contributed by atoms with van der Waals surface area (Å²) in [5, 5.41) is 12.5. The summed E-state index contributed by atoms with van der Waals surface area (Å²) in [4.78, 5) is 12.7. The molecule has 1 N–H and O–H groups in total. The van der Waals surface area contributed by atoms with Crippen LogP contribution in [0.15, 0.2) is 69.9 Å². The van der Waals surface area contributed by atoms with Crippen LogP contribution >= 0.6 is 0 Å². The molecule has 1 heterocycles. The summed E-state index contributed by atoms with van der Waals surface area (Å²) < 4.78 is 11.0. The van der Waals surface area contributed by atoms with Crippen molar-refractivity contribution in [3.05, 3.63) is 70.9 Å². The zero-order chi connectivity index (χ0) is 16.7. The van der Waals surface area contributed by atoms with Gasteiger partial charge in [0.25, 0.3) is 0 Å². The maximum absolute atomic E-state index is 12.7. The Morgan fingerprint density at radius 2 is 1.71 bits per heavy atom. The Balaban J connectivity index is 2.03. The van der Waals surface area contributed by atoms with Gasteiger partial charge in [-0.25, -0.2) is 0 Å². The van der Waals surface area contributed by atoms with Crippen LogP contribution in [0.1, 0.15) is 0 Å². The Morgan fingerprint density at radius 1 is 0.958 bits per heavy atom. The normalized spacial score (nSPS) is 11.0. The van der Waals surface area contributed by atoms with Gasteiger partial charge in [0, 0.05) is 5.56 Å². The minimum absolute atomic E-state index is 0.158. The minimum Gasteiger partial charge on any atom is -0.502 e. The topological polar surface area (TPSA) is 59.7 Å². The van der Waals surface area contributed by atoms with Crippen molar-refractivity contribution in [3.8, 4) is 22.8 Å². The largest absolute Gasteiger partial charge is 0.502 e. The second-order valence-corrected chi connectivity index (χ2v) is 5.50. The Morgan fingerprint density at radius 3 is 2.46 bits per heavy atom. The van der Waals surface area contributed by atoms with Gasteiger partial charge in [0.1, 0.15) is 11.3 Å². The van der Waals surface area contributed by atoms with Crippen molar-refractivity contribution in [3.63, 3.8) is 0 Å². The van der Waals surface area contributed by atoms with Crippen LogP contribution in [0.25, 0.3) is 33.1 Å². The Labute approximate surface area is 137 Å². The van der Waals surface area contributed by atoms with E-state index in [1.807, 2.05) is 30.3 Å². The number of hydrogen-bond acceptors (Lipinski definition) is 4. The third-order valence-corrected chi connectivity index (χ3v) is 4.11. The minimum atomic E-state index is -0.432. The lowest BCUT2D eigenvalue weighted by molar-refractivity contribution is 0.414. The first kappa shape index (κ1) is 14.3. The van der Waals surface area contributed by atoms with E-state index in [-0.39, 0.29) is 11.5 Å². The van der Waals surface area contributed by atoms with Crippen molar-refractivity contribution in [2.45, 2.75) is 0 Å². The number of methoxy groups -OCH3 is 1. The molecule has 4 rings (SSSR count). The molecule has 4 aromatic rings. The molecule has 4 heteroatoms. The molecule has 3 aromatic carbocycles. The van der Waals surface area contributed by atoms with Gasteiger partial charge in [-0.05, 0) is 41.1 Å². The summed E-state index contributed by atoms with van der Waals surface area (Å²) in [6.45, 7) is 0. The first-order valence-electron chi connectivity index (χ1n) is 7.51. The fourth-order valence-corrected chi connectivity index (χ4v) is 2.89. The summed E-state index contributed by atoms with van der Waals surface area (Å²) in [7, 11) is 1.58. The van der Waals surface area contributed by atoms with Gasteiger partial charge in [0.05, 0.1) is 12.5 Å². The molecule has 0 atom stereocenters. The average molecular weight is 318 g/mol. The van der Waals surface area contributed by atoms with Crippen molar-refractivity contribution >= 4 is 21.7 Å². The number of rotatable bonds is 2. The highest BCUT2D eigenvalue weighted by Crippen LogP contribution is 2.33. The van der Waals surface area contributed by atoms with Crippen molar-refractivity contribution in [2.24, 2.45) is 0 Å². The molecule has 0 radical (unpaired) electrons. The van der Waals surface area contributed by atoms with Crippen molar-refractivity contribution < 1.29 is 14.3 Å². The van der Waals surface area contributed by atoms with Crippen molar-refractivity contribution in [2.75, 3.05) is 7.11 Å². The number of aromatic hydroxyl groups is 1. The van der Waals surface area contributed by atoms with Crippen LogP contribution in [0.4, 0.5) is 0 Å². The highest BCUT2D eigenvalue weighted by molar-refractivity contribution is 6.06. The summed E-state index contributed by atoms with van der Waals surface area (Å²) >= 11 is 0. The molecule has 0 amide bonds. The molecule has 0 unspecified atom stereocenters. The fourth-order valence-electron chi connectivity index (χ4n) is 2.89. The molecule has 0 aliphatic carbocycles. The maximum Gasteiger partial charge on any atom is 0.235 e. The van der Waals surface area contributed by atoms with Gasteiger partial charge in [-0.2, -0.15) is 0 Å². The molecule has 0 saturated carbocycles. The molecule has 0 aliphatic rings. The molecular weight excluding hydrogens is 304 g/mol. The van der Waals surface area contributed by atoms with Gasteiger partial charge < -0.3 is 14.3 Å². The smallest absolute Gasteiger partial charge is 0.235 e. The van der Waals surface area contributed by atoms with E-state index in [9.17, 15) is 9.90 Å². The van der Waals surface area contributed by atoms with Gasteiger partial charge in [-0.15, -0.1) is 0 Å². The van der Waals surface area contributed by atoms with E-state index < -0.39 is 5.43 Å². The zero-order valence-corrected chi connectivity index (χ0v) is 12.9. The van der Waals surface area contributed by atoms with E-state index in [4.69, 9.17) is 9.15 Å². The van der Waals surface area contributed by atoms with Gasteiger partial charge in [0.15, 0.2) is 5.76 Å². The molecule has 0 spiro atoms. The van der Waals surface area contributed by atoms with Crippen LogP contribution in [-0.2, 0) is 0 Å². The summed E-state index contributed by atoms with van der Waals surface area (Å²) in [5.74, 6) is 0.460. The van der Waals surface area contributed by atoms with Gasteiger partial charge in [-0.1, -0.05) is 30.3 Å². The quantitative estimate of drug-likeness (QED) is 0.559. The van der Waals surface area contributed by atoms with Crippen LogP contribution < -0.4 is 10.2 Å². The summed E-state index contributed by atoms with van der Waals surface area (Å²) in [5.41, 5.74) is 0.627. The number of benzene rings is 3. The second-order valence-electron chi connectivity index (χ2n) is 5.50. The van der Waals surface area contributed by atoms with Crippen LogP contribution in [0.3, 0.4) is 0 Å². The number of fused-ring (bicyclic) bond motifs is 3. The lowest BCUT2D eigenvalue weighted by Crippen LogP contribution is -2.03. The standard InChI is InChI=1S/C20H14O4/c1-23-14-9-6-13(7-10-14)20-19(22)18(21)17-15-5-3-2-4-12(15)8-11-16(17)24-20/h2-11,22H,1H3. The van der Waals surface area contributed by atoms with Crippen LogP contribution in [0.5, 0.6) is 11.5 Å². The highest BCUT2D eigenvalue weighted by atomic mass is 16.5. The Kier molecular flexibility index (Phi) is 3.24. The number of ether oxygens (including phenoxy) is 1. The molecule has 0 saturated heterocycles. The van der Waals surface area contributed by atoms with Crippen molar-refractivity contribution in [1.29, 1.82) is 0 Å². The predicted molar refractivity (Wildman–Crippen MR) is 93.6 cm³/mol. The summed E-state index contributed by atoms with van der Waals surface area (Å²) in [6, 6.07) is 18.2. The van der Waals surface area contributed by atoms with E-state index in [0.717, 1.165) is 10.8 Å². The van der Waals surface area contributed by atoms with Crippen molar-refractivity contribution in [1.82, 2.24) is 0 Å². The van der Waals surface area contributed by atoms with Gasteiger partial charge >= 0.3 is 0 Å². The SMILES string of the molecule is COc1ccc(-c2oc3ccc4ccccc4c3c(=O)c2O)cc1. The third kappa shape index (κ3) is 2.12. The molecular formula is C20H14O4. The van der Waals surface area contributed by atoms with E-state index in [2.05, 4.69) is 0 Å². The molecule has 0 fully saturated rings. The van der Waals surface area contributed by atoms with Gasteiger partial charge in [0.2, 0.25) is 11.2 Å². The molecule has 0 bridgehead atoms.